The molecule has 0 unspecified atom stereocenters. The lowest BCUT2D eigenvalue weighted by Crippen LogP contribution is -2.25. The average Bonchev–Trinajstić information content (AvgIpc) is 2.33. The summed E-state index contributed by atoms with van der Waals surface area (Å²) in [5.41, 5.74) is 0.509. The van der Waals surface area contributed by atoms with Crippen molar-refractivity contribution in [3.05, 3.63) is 46.2 Å². The van der Waals surface area contributed by atoms with E-state index in [1.165, 1.54) is 11.7 Å². The van der Waals surface area contributed by atoms with E-state index in [1.807, 2.05) is 24.3 Å². The van der Waals surface area contributed by atoms with Crippen LogP contribution in [0.5, 0.6) is 0 Å². The molecule has 2 rings (SSSR count). The van der Waals surface area contributed by atoms with Crippen LogP contribution in [0.1, 0.15) is 10.4 Å². The smallest absolute Gasteiger partial charge is 0.343 e. The molecule has 4 heteroatoms. The highest BCUT2D eigenvalue weighted by molar-refractivity contribution is 5.93. The number of aryl methyl sites for hydroxylation is 1. The number of esters is 1. The topological polar surface area (TPSA) is 48.3 Å². The Morgan fingerprint density at radius 3 is 2.69 bits per heavy atom. The van der Waals surface area contributed by atoms with Crippen LogP contribution in [0.4, 0.5) is 0 Å². The van der Waals surface area contributed by atoms with Crippen molar-refractivity contribution < 1.29 is 9.53 Å². The first-order valence-corrected chi connectivity index (χ1v) is 4.82. The van der Waals surface area contributed by atoms with Crippen LogP contribution >= 0.6 is 0 Å². The summed E-state index contributed by atoms with van der Waals surface area (Å²) in [5.74, 6) is -0.605. The van der Waals surface area contributed by atoms with Gasteiger partial charge in [0.2, 0.25) is 0 Å². The maximum atomic E-state index is 11.8. The van der Waals surface area contributed by atoms with Crippen LogP contribution in [0.2, 0.25) is 0 Å². The predicted molar refractivity (Wildman–Crippen MR) is 60.5 cm³/mol. The average molecular weight is 217 g/mol. The number of nitrogens with zero attached hydrogens (tertiary/aromatic N) is 1. The van der Waals surface area contributed by atoms with Crippen LogP contribution in [0.25, 0.3) is 10.9 Å². The highest BCUT2D eigenvalue weighted by Crippen LogP contribution is 2.12. The molecule has 0 radical (unpaired) electrons. The van der Waals surface area contributed by atoms with Gasteiger partial charge in [-0.3, -0.25) is 4.79 Å². The number of carbonyl (C=O) groups is 1. The largest absolute Gasteiger partial charge is 0.465 e. The van der Waals surface area contributed by atoms with Crippen LogP contribution in [0, 0.1) is 0 Å². The fourth-order valence-corrected chi connectivity index (χ4v) is 1.68. The Kier molecular flexibility index (Phi) is 2.48. The SMILES string of the molecule is COC(=O)c1cc2ccccc2n(C)c1=O. The van der Waals surface area contributed by atoms with Crippen molar-refractivity contribution in [2.45, 2.75) is 0 Å². The summed E-state index contributed by atoms with van der Waals surface area (Å²) in [6, 6.07) is 8.94. The molecule has 0 aliphatic carbocycles. The zero-order valence-corrected chi connectivity index (χ0v) is 9.06. The Morgan fingerprint density at radius 1 is 1.31 bits per heavy atom. The molecule has 1 aromatic heterocycles. The highest BCUT2D eigenvalue weighted by atomic mass is 16.5. The third-order valence-electron chi connectivity index (χ3n) is 2.54. The Labute approximate surface area is 92.1 Å². The molecule has 0 spiro atoms. The molecule has 82 valence electrons. The van der Waals surface area contributed by atoms with Crippen molar-refractivity contribution in [1.29, 1.82) is 0 Å². The van der Waals surface area contributed by atoms with Crippen LogP contribution in [0.15, 0.2) is 35.1 Å². The van der Waals surface area contributed by atoms with Gasteiger partial charge in [-0.05, 0) is 17.5 Å². The zero-order chi connectivity index (χ0) is 11.7. The second kappa shape index (κ2) is 3.81. The molecule has 0 amide bonds. The van der Waals surface area contributed by atoms with Gasteiger partial charge in [-0.1, -0.05) is 18.2 Å². The second-order valence-electron chi connectivity index (χ2n) is 3.47. The fourth-order valence-electron chi connectivity index (χ4n) is 1.68. The van der Waals surface area contributed by atoms with E-state index in [9.17, 15) is 9.59 Å². The molecule has 16 heavy (non-hydrogen) atoms. The molecule has 0 N–H and O–H groups in total. The molecule has 1 aromatic carbocycles. The van der Waals surface area contributed by atoms with Crippen molar-refractivity contribution in [2.75, 3.05) is 7.11 Å². The summed E-state index contributed by atoms with van der Waals surface area (Å²) in [4.78, 5) is 23.2. The molecule has 1 heterocycles. The van der Waals surface area contributed by atoms with Gasteiger partial charge in [0, 0.05) is 7.05 Å². The minimum atomic E-state index is -0.605. The normalized spacial score (nSPS) is 10.4. The lowest BCUT2D eigenvalue weighted by Gasteiger charge is -2.06. The molecule has 0 aliphatic rings. The number of ether oxygens (including phenoxy) is 1. The number of fused-ring (bicyclic) bond motifs is 1. The number of methoxy groups -OCH3 is 1. The first-order valence-electron chi connectivity index (χ1n) is 4.82. The van der Waals surface area contributed by atoms with Crippen molar-refractivity contribution in [3.63, 3.8) is 0 Å². The van der Waals surface area contributed by atoms with E-state index in [2.05, 4.69) is 4.74 Å². The van der Waals surface area contributed by atoms with E-state index in [-0.39, 0.29) is 11.1 Å². The van der Waals surface area contributed by atoms with Crippen molar-refractivity contribution in [1.82, 2.24) is 4.57 Å². The quantitative estimate of drug-likeness (QED) is 0.677. The van der Waals surface area contributed by atoms with E-state index in [1.54, 1.807) is 13.1 Å². The van der Waals surface area contributed by atoms with Gasteiger partial charge in [0.25, 0.3) is 5.56 Å². The fraction of sp³-hybridized carbons (Fsp3) is 0.167. The highest BCUT2D eigenvalue weighted by Gasteiger charge is 2.13. The molecule has 0 fully saturated rings. The summed E-state index contributed by atoms with van der Waals surface area (Å²) < 4.78 is 6.01. The maximum absolute atomic E-state index is 11.8. The van der Waals surface area contributed by atoms with Crippen LogP contribution in [-0.4, -0.2) is 17.6 Å². The summed E-state index contributed by atoms with van der Waals surface area (Å²) in [5, 5.41) is 0.838. The van der Waals surface area contributed by atoms with Gasteiger partial charge in [-0.15, -0.1) is 0 Å². The lowest BCUT2D eigenvalue weighted by molar-refractivity contribution is 0.0598. The number of hydrogen-bond acceptors (Lipinski definition) is 3. The third kappa shape index (κ3) is 1.48. The van der Waals surface area contributed by atoms with Gasteiger partial charge in [0.15, 0.2) is 0 Å². The lowest BCUT2D eigenvalue weighted by atomic mass is 10.1. The Hall–Kier alpha value is -2.10. The van der Waals surface area contributed by atoms with Crippen LogP contribution < -0.4 is 5.56 Å². The monoisotopic (exact) mass is 217 g/mol. The maximum Gasteiger partial charge on any atom is 0.343 e. The van der Waals surface area contributed by atoms with Gasteiger partial charge in [-0.25, -0.2) is 4.79 Å². The molecule has 2 aromatic rings. The number of rotatable bonds is 1. The first-order chi connectivity index (χ1) is 7.65. The van der Waals surface area contributed by atoms with Gasteiger partial charge < -0.3 is 9.30 Å². The molecule has 0 saturated carbocycles. The number of aromatic nitrogens is 1. The van der Waals surface area contributed by atoms with Gasteiger partial charge in [0.05, 0.1) is 12.6 Å². The Morgan fingerprint density at radius 2 is 2.00 bits per heavy atom. The summed E-state index contributed by atoms with van der Waals surface area (Å²) in [6.45, 7) is 0. The van der Waals surface area contributed by atoms with Gasteiger partial charge in [0.1, 0.15) is 5.56 Å². The van der Waals surface area contributed by atoms with Crippen molar-refractivity contribution in [3.8, 4) is 0 Å². The molecular formula is C12H11NO3. The third-order valence-corrected chi connectivity index (χ3v) is 2.54. The van der Waals surface area contributed by atoms with Crippen LogP contribution in [-0.2, 0) is 11.8 Å². The number of para-hydroxylation sites is 1. The molecule has 0 bridgehead atoms. The minimum absolute atomic E-state index is 0.0590. The zero-order valence-electron chi connectivity index (χ0n) is 9.06. The van der Waals surface area contributed by atoms with Gasteiger partial charge in [-0.2, -0.15) is 0 Å². The van der Waals surface area contributed by atoms with Crippen molar-refractivity contribution >= 4 is 16.9 Å². The standard InChI is InChI=1S/C12H11NO3/c1-13-10-6-4-3-5-8(10)7-9(11(13)14)12(15)16-2/h3-7H,1-2H3. The number of benzene rings is 1. The summed E-state index contributed by atoms with van der Waals surface area (Å²) in [7, 11) is 2.90. The van der Waals surface area contributed by atoms with Crippen molar-refractivity contribution in [2.24, 2.45) is 7.05 Å². The minimum Gasteiger partial charge on any atom is -0.465 e. The first kappa shape index (κ1) is 10.4. The van der Waals surface area contributed by atoms with Crippen LogP contribution in [0.3, 0.4) is 0 Å². The molecule has 0 aliphatic heterocycles. The Balaban J connectivity index is 2.84. The second-order valence-corrected chi connectivity index (χ2v) is 3.47. The molecule has 0 atom stereocenters. The summed E-state index contributed by atoms with van der Waals surface area (Å²) >= 11 is 0. The van der Waals surface area contributed by atoms with E-state index in [0.29, 0.717) is 0 Å². The van der Waals surface area contributed by atoms with E-state index in [4.69, 9.17) is 0 Å². The number of hydrogen-bond donors (Lipinski definition) is 0. The van der Waals surface area contributed by atoms with E-state index >= 15 is 0 Å². The van der Waals surface area contributed by atoms with E-state index in [0.717, 1.165) is 10.9 Å². The molecular weight excluding hydrogens is 206 g/mol. The summed E-state index contributed by atoms with van der Waals surface area (Å²) in [6.07, 6.45) is 0. The molecule has 4 nitrogen and oxygen atoms in total. The number of carbonyl (C=O) groups excluding carboxylic acids is 1. The van der Waals surface area contributed by atoms with E-state index < -0.39 is 5.97 Å². The Bertz CT molecular complexity index is 613. The number of pyridine rings is 1. The molecule has 0 saturated heterocycles. The van der Waals surface area contributed by atoms with Gasteiger partial charge >= 0.3 is 5.97 Å². The predicted octanol–water partition coefficient (Wildman–Crippen LogP) is 1.33.